The van der Waals surface area contributed by atoms with E-state index in [1.165, 1.54) is 10.9 Å². The molecule has 1 N–H and O–H groups in total. The fourth-order valence-electron chi connectivity index (χ4n) is 3.07. The fourth-order valence-corrected chi connectivity index (χ4v) is 3.07. The van der Waals surface area contributed by atoms with E-state index in [1.807, 2.05) is 26.2 Å². The Balaban J connectivity index is 1.93. The number of hydrogen-bond acceptors (Lipinski definition) is 4. The number of hydrogen-bond donors (Lipinski definition) is 1. The number of aliphatic hydroxyl groups excluding tert-OH is 1. The van der Waals surface area contributed by atoms with Gasteiger partial charge in [-0.1, -0.05) is 18.2 Å². The maximum absolute atomic E-state index is 9.84. The van der Waals surface area contributed by atoms with E-state index in [4.69, 9.17) is 4.98 Å². The molecule has 1 atom stereocenters. The summed E-state index contributed by atoms with van der Waals surface area (Å²) in [5.74, 6) is 1.02. The zero-order chi connectivity index (χ0) is 14.8. The van der Waals surface area contributed by atoms with Crippen LogP contribution in [-0.2, 0) is 6.54 Å². The average Bonchev–Trinajstić information content (AvgIpc) is 2.46. The van der Waals surface area contributed by atoms with Gasteiger partial charge in [0, 0.05) is 38.1 Å². The summed E-state index contributed by atoms with van der Waals surface area (Å²) < 4.78 is 0. The van der Waals surface area contributed by atoms with Crippen molar-refractivity contribution in [2.75, 3.05) is 32.1 Å². The van der Waals surface area contributed by atoms with Crippen molar-refractivity contribution in [2.45, 2.75) is 25.5 Å². The summed E-state index contributed by atoms with van der Waals surface area (Å²) in [4.78, 5) is 9.19. The highest BCUT2D eigenvalue weighted by molar-refractivity contribution is 5.81. The number of pyridine rings is 1. The van der Waals surface area contributed by atoms with Gasteiger partial charge in [0.1, 0.15) is 5.82 Å². The van der Waals surface area contributed by atoms with E-state index in [9.17, 15) is 5.11 Å². The number of para-hydroxylation sites is 1. The van der Waals surface area contributed by atoms with Crippen LogP contribution in [0.4, 0.5) is 5.82 Å². The number of β-amino-alcohol motifs (C(OH)–C–C–N with tert-alkyl or cyclic N) is 1. The molecule has 112 valence electrons. The minimum Gasteiger partial charge on any atom is -0.392 e. The first kappa shape index (κ1) is 14.3. The molecule has 1 saturated heterocycles. The molecule has 1 aliphatic heterocycles. The summed E-state index contributed by atoms with van der Waals surface area (Å²) in [6.45, 7) is 2.67. The van der Waals surface area contributed by atoms with Crippen molar-refractivity contribution in [3.63, 3.8) is 0 Å². The quantitative estimate of drug-likeness (QED) is 0.939. The summed E-state index contributed by atoms with van der Waals surface area (Å²) in [6.07, 6.45) is 1.81. The molecule has 0 spiro atoms. The molecule has 1 aromatic heterocycles. The first-order valence-corrected chi connectivity index (χ1v) is 7.60. The Hall–Kier alpha value is -1.65. The first-order chi connectivity index (χ1) is 10.1. The number of piperidine rings is 1. The summed E-state index contributed by atoms with van der Waals surface area (Å²) in [7, 11) is 4.07. The second-order valence-electron chi connectivity index (χ2n) is 6.09. The van der Waals surface area contributed by atoms with E-state index in [0.29, 0.717) is 0 Å². The van der Waals surface area contributed by atoms with Gasteiger partial charge in [0.05, 0.1) is 11.6 Å². The molecular weight excluding hydrogens is 262 g/mol. The molecule has 0 aliphatic carbocycles. The predicted octanol–water partition coefficient (Wildman–Crippen LogP) is 2.26. The van der Waals surface area contributed by atoms with Crippen LogP contribution in [0.5, 0.6) is 0 Å². The number of rotatable bonds is 3. The number of benzene rings is 1. The van der Waals surface area contributed by atoms with E-state index < -0.39 is 0 Å². The minimum atomic E-state index is -0.185. The largest absolute Gasteiger partial charge is 0.392 e. The molecule has 0 unspecified atom stereocenters. The molecule has 4 heteroatoms. The second kappa shape index (κ2) is 6.00. The molecule has 1 aliphatic rings. The standard InChI is InChI=1S/C17H23N3O/c1-19(2)17-14(11-20-9-5-7-15(21)12-20)10-13-6-3-4-8-16(13)18-17/h3-4,6,8,10,15,21H,5,7,9,11-12H2,1-2H3/t15-/m0/s1. The van der Waals surface area contributed by atoms with Gasteiger partial charge < -0.3 is 10.0 Å². The highest BCUT2D eigenvalue weighted by Gasteiger charge is 2.19. The van der Waals surface area contributed by atoms with Crippen molar-refractivity contribution in [2.24, 2.45) is 0 Å². The second-order valence-corrected chi connectivity index (χ2v) is 6.09. The van der Waals surface area contributed by atoms with Crippen LogP contribution >= 0.6 is 0 Å². The number of fused-ring (bicyclic) bond motifs is 1. The first-order valence-electron chi connectivity index (χ1n) is 7.60. The molecule has 4 nitrogen and oxygen atoms in total. The van der Waals surface area contributed by atoms with Gasteiger partial charge in [0.15, 0.2) is 0 Å². The van der Waals surface area contributed by atoms with Gasteiger partial charge in [-0.2, -0.15) is 0 Å². The Labute approximate surface area is 126 Å². The zero-order valence-electron chi connectivity index (χ0n) is 12.8. The minimum absolute atomic E-state index is 0.185. The lowest BCUT2D eigenvalue weighted by Gasteiger charge is -2.31. The van der Waals surface area contributed by atoms with Gasteiger partial charge in [0.25, 0.3) is 0 Å². The Bertz CT molecular complexity index is 626. The summed E-state index contributed by atoms with van der Waals surface area (Å²) in [5.41, 5.74) is 2.26. The normalized spacial score (nSPS) is 19.9. The molecule has 0 saturated carbocycles. The lowest BCUT2D eigenvalue weighted by Crippen LogP contribution is -2.38. The number of anilines is 1. The van der Waals surface area contributed by atoms with Crippen LogP contribution < -0.4 is 4.90 Å². The SMILES string of the molecule is CN(C)c1nc2ccccc2cc1CN1CCC[C@H](O)C1. The van der Waals surface area contributed by atoms with Gasteiger partial charge in [0.2, 0.25) is 0 Å². The third-order valence-corrected chi connectivity index (χ3v) is 4.08. The topological polar surface area (TPSA) is 39.6 Å². The Morgan fingerprint density at radius 2 is 2.14 bits per heavy atom. The van der Waals surface area contributed by atoms with Crippen LogP contribution in [0, 0.1) is 0 Å². The molecule has 1 aromatic carbocycles. The Kier molecular flexibility index (Phi) is 4.08. The van der Waals surface area contributed by atoms with E-state index >= 15 is 0 Å². The van der Waals surface area contributed by atoms with Crippen LogP contribution in [0.15, 0.2) is 30.3 Å². The van der Waals surface area contributed by atoms with Gasteiger partial charge in [-0.3, -0.25) is 4.90 Å². The highest BCUT2D eigenvalue weighted by atomic mass is 16.3. The molecule has 2 heterocycles. The van der Waals surface area contributed by atoms with E-state index in [2.05, 4.69) is 28.0 Å². The lowest BCUT2D eigenvalue weighted by molar-refractivity contribution is 0.0669. The molecular formula is C17H23N3O. The molecule has 3 rings (SSSR count). The van der Waals surface area contributed by atoms with Gasteiger partial charge in [-0.15, -0.1) is 0 Å². The maximum atomic E-state index is 9.84. The molecule has 0 radical (unpaired) electrons. The van der Waals surface area contributed by atoms with Crippen molar-refractivity contribution in [1.29, 1.82) is 0 Å². The Morgan fingerprint density at radius 1 is 1.33 bits per heavy atom. The number of aliphatic hydroxyl groups is 1. The number of likely N-dealkylation sites (tertiary alicyclic amines) is 1. The van der Waals surface area contributed by atoms with Gasteiger partial charge in [-0.25, -0.2) is 4.98 Å². The van der Waals surface area contributed by atoms with Crippen molar-refractivity contribution >= 4 is 16.7 Å². The monoisotopic (exact) mass is 285 g/mol. The third-order valence-electron chi connectivity index (χ3n) is 4.08. The molecule has 0 amide bonds. The average molecular weight is 285 g/mol. The summed E-state index contributed by atoms with van der Waals surface area (Å²) in [6, 6.07) is 10.5. The lowest BCUT2D eigenvalue weighted by atomic mass is 10.1. The number of aromatic nitrogens is 1. The predicted molar refractivity (Wildman–Crippen MR) is 86.6 cm³/mol. The van der Waals surface area contributed by atoms with Crippen LogP contribution in [0.3, 0.4) is 0 Å². The van der Waals surface area contributed by atoms with Gasteiger partial charge >= 0.3 is 0 Å². The van der Waals surface area contributed by atoms with Crippen molar-refractivity contribution in [1.82, 2.24) is 9.88 Å². The Morgan fingerprint density at radius 3 is 2.90 bits per heavy atom. The van der Waals surface area contributed by atoms with Gasteiger partial charge in [-0.05, 0) is 31.5 Å². The molecule has 0 bridgehead atoms. The third kappa shape index (κ3) is 3.17. The molecule has 21 heavy (non-hydrogen) atoms. The van der Waals surface area contributed by atoms with Crippen LogP contribution in [0.25, 0.3) is 10.9 Å². The zero-order valence-corrected chi connectivity index (χ0v) is 12.8. The summed E-state index contributed by atoms with van der Waals surface area (Å²) >= 11 is 0. The van der Waals surface area contributed by atoms with E-state index in [-0.39, 0.29) is 6.10 Å². The van der Waals surface area contributed by atoms with Crippen LogP contribution in [0.2, 0.25) is 0 Å². The smallest absolute Gasteiger partial charge is 0.133 e. The highest BCUT2D eigenvalue weighted by Crippen LogP contribution is 2.24. The van der Waals surface area contributed by atoms with Crippen molar-refractivity contribution < 1.29 is 5.11 Å². The molecule has 2 aromatic rings. The van der Waals surface area contributed by atoms with Crippen LogP contribution in [0.1, 0.15) is 18.4 Å². The summed E-state index contributed by atoms with van der Waals surface area (Å²) in [5, 5.41) is 11.0. The van der Waals surface area contributed by atoms with Crippen molar-refractivity contribution in [3.05, 3.63) is 35.9 Å². The van der Waals surface area contributed by atoms with E-state index in [0.717, 1.165) is 43.8 Å². The van der Waals surface area contributed by atoms with E-state index in [1.54, 1.807) is 0 Å². The van der Waals surface area contributed by atoms with Crippen molar-refractivity contribution in [3.8, 4) is 0 Å². The maximum Gasteiger partial charge on any atom is 0.133 e. The fraction of sp³-hybridized carbons (Fsp3) is 0.471. The number of nitrogens with zero attached hydrogens (tertiary/aromatic N) is 3. The molecule has 1 fully saturated rings. The van der Waals surface area contributed by atoms with Crippen LogP contribution in [-0.4, -0.2) is 48.3 Å².